The van der Waals surface area contributed by atoms with E-state index in [1.165, 1.54) is 0 Å². The molecule has 3 N–H and O–H groups in total. The molecule has 0 aromatic carbocycles. The molecule has 0 saturated carbocycles. The Bertz CT molecular complexity index is 24.8. The van der Waals surface area contributed by atoms with Gasteiger partial charge in [-0.25, -0.2) is 0 Å². The summed E-state index contributed by atoms with van der Waals surface area (Å²) >= 11 is 0. The zero-order valence-corrected chi connectivity index (χ0v) is 5.31. The molecule has 3 nitrogen and oxygen atoms in total. The minimum atomic E-state index is 0. The van der Waals surface area contributed by atoms with E-state index in [1.54, 1.807) is 6.34 Å². The number of nitrogens with two attached hydrogens (primary N) is 1. The molecule has 0 rings (SSSR count). The summed E-state index contributed by atoms with van der Waals surface area (Å²) in [6.07, 6.45) is 1.61. The molecule has 0 fully saturated rings. The smallest absolute Gasteiger partial charge is 0 e. The van der Waals surface area contributed by atoms with Gasteiger partial charge in [0.25, 0.3) is 0 Å². The Morgan fingerprint density at radius 1 is 1.80 bits per heavy atom. The van der Waals surface area contributed by atoms with Crippen molar-refractivity contribution in [2.45, 2.75) is 0 Å². The second kappa shape index (κ2) is 9.03. The van der Waals surface area contributed by atoms with E-state index >= 15 is 0 Å². The van der Waals surface area contributed by atoms with Crippen molar-refractivity contribution in [2.75, 3.05) is 0 Å². The molecule has 30 valence electrons. The van der Waals surface area contributed by atoms with Gasteiger partial charge in [-0.3, -0.25) is 11.5 Å². The van der Waals surface area contributed by atoms with Gasteiger partial charge in [0, 0.05) is 21.1 Å². The zero-order valence-electron chi connectivity index (χ0n) is 2.38. The van der Waals surface area contributed by atoms with Crippen molar-refractivity contribution in [2.24, 2.45) is 10.9 Å². The molecule has 4 heteroatoms. The Hall–Kier alpha value is -0.0417. The normalized spacial score (nSPS) is 7.20. The van der Waals surface area contributed by atoms with E-state index in [0.29, 0.717) is 0 Å². The van der Waals surface area contributed by atoms with Crippen molar-refractivity contribution in [3.63, 3.8) is 0 Å². The third kappa shape index (κ3) is 16.5. The molecule has 0 aliphatic rings. The molecule has 0 amide bonds. The summed E-state index contributed by atoms with van der Waals surface area (Å²) in [5.41, 5.74) is 4.36. The van der Waals surface area contributed by atoms with Crippen LogP contribution in [0.1, 0.15) is 0 Å². The molecule has 0 aliphatic heterocycles. The number of hydrogen-bond donors (Lipinski definition) is 2. The van der Waals surface area contributed by atoms with Crippen LogP contribution < -0.4 is 5.73 Å². The molecule has 0 radical (unpaired) electrons. The number of hydrogen-bond acceptors (Lipinski definition) is 2. The van der Waals surface area contributed by atoms with Gasteiger partial charge in [-0.1, -0.05) is 0 Å². The second-order valence-corrected chi connectivity index (χ2v) is 0.229. The van der Waals surface area contributed by atoms with Crippen molar-refractivity contribution in [1.29, 1.82) is 0 Å². The first-order valence-electron chi connectivity index (χ1n) is 0.712. The van der Waals surface area contributed by atoms with E-state index in [9.17, 15) is 0 Å². The molecule has 0 aliphatic carbocycles. The quantitative estimate of drug-likeness (QED) is 0.147. The van der Waals surface area contributed by atoms with Gasteiger partial charge in [0.05, 0.1) is 0 Å². The van der Waals surface area contributed by atoms with E-state index in [4.69, 9.17) is 5.21 Å². The van der Waals surface area contributed by atoms with E-state index in [-0.39, 0.29) is 21.1 Å². The van der Waals surface area contributed by atoms with Gasteiger partial charge in [-0.05, 0) is 0 Å². The van der Waals surface area contributed by atoms with Crippen molar-refractivity contribution in [1.82, 2.24) is 0 Å². The molecule has 0 aromatic heterocycles. The van der Waals surface area contributed by atoms with Crippen LogP contribution in [0.15, 0.2) is 5.16 Å². The second-order valence-electron chi connectivity index (χ2n) is 0.229. The van der Waals surface area contributed by atoms with Crippen LogP contribution in [0, 0.1) is 0 Å². The SMILES string of the molecule is N[C-]=NO.[W]. The molecule has 0 spiro atoms. The summed E-state index contributed by atoms with van der Waals surface area (Å²) in [5, 5.41) is 9.53. The Kier molecular flexibility index (Phi) is 16.0. The maximum Gasteiger partial charge on any atom is 0 e. The third-order valence-corrected chi connectivity index (χ3v) is 0.0577. The van der Waals surface area contributed by atoms with Crippen LogP contribution in [0.5, 0.6) is 0 Å². The summed E-state index contributed by atoms with van der Waals surface area (Å²) in [4.78, 5) is 0. The van der Waals surface area contributed by atoms with Gasteiger partial charge >= 0.3 is 0 Å². The summed E-state index contributed by atoms with van der Waals surface area (Å²) in [6.45, 7) is 0. The molecule has 5 heavy (non-hydrogen) atoms. The molecule has 0 unspecified atom stereocenters. The average molecular weight is 243 g/mol. The largest absolute Gasteiger partial charge is 0.560 e. The number of nitrogens with zero attached hydrogens (tertiary/aromatic N) is 1. The predicted octanol–water partition coefficient (Wildman–Crippen LogP) is -0.763. The van der Waals surface area contributed by atoms with Crippen molar-refractivity contribution < 1.29 is 26.3 Å². The Balaban J connectivity index is 0. The minimum absolute atomic E-state index is 0. The molecule has 0 aromatic rings. The van der Waals surface area contributed by atoms with Crippen LogP contribution >= 0.6 is 0 Å². The Labute approximate surface area is 44.1 Å². The Morgan fingerprint density at radius 2 is 2.00 bits per heavy atom. The van der Waals surface area contributed by atoms with Crippen LogP contribution in [0.3, 0.4) is 0 Å². The fourth-order valence-corrected chi connectivity index (χ4v) is 0. The molecule has 0 bridgehead atoms. The van der Waals surface area contributed by atoms with E-state index in [1.807, 2.05) is 0 Å². The van der Waals surface area contributed by atoms with Crippen molar-refractivity contribution >= 4 is 6.34 Å². The molecule has 0 atom stereocenters. The maximum atomic E-state index is 7.26. The van der Waals surface area contributed by atoms with Crippen molar-refractivity contribution in [3.05, 3.63) is 0 Å². The third-order valence-electron chi connectivity index (χ3n) is 0.0577. The van der Waals surface area contributed by atoms with Crippen molar-refractivity contribution in [3.8, 4) is 0 Å². The molecular formula is CH3N2OW-. The fourth-order valence-electron chi connectivity index (χ4n) is 0. The maximum absolute atomic E-state index is 7.26. The van der Waals surface area contributed by atoms with Crippen LogP contribution in [-0.2, 0) is 21.1 Å². The van der Waals surface area contributed by atoms with E-state index in [0.717, 1.165) is 0 Å². The summed E-state index contributed by atoms with van der Waals surface area (Å²) in [5.74, 6) is 0. The van der Waals surface area contributed by atoms with Gasteiger partial charge in [-0.2, -0.15) is 0 Å². The average Bonchev–Trinajstić information content (AvgIpc) is 1.37. The topological polar surface area (TPSA) is 58.6 Å². The van der Waals surface area contributed by atoms with Gasteiger partial charge in [0.1, 0.15) is 0 Å². The standard InChI is InChI=1S/CH3N2O.W/c2-1-3-4;/h4H,(H2,2,3);/q-1;. The molecule has 0 heterocycles. The predicted molar refractivity (Wildman–Crippen MR) is 13.4 cm³/mol. The van der Waals surface area contributed by atoms with E-state index < -0.39 is 0 Å². The van der Waals surface area contributed by atoms with Crippen LogP contribution in [0.4, 0.5) is 0 Å². The van der Waals surface area contributed by atoms with Gasteiger partial charge in [-0.15, -0.1) is 0 Å². The summed E-state index contributed by atoms with van der Waals surface area (Å²) in [7, 11) is 0. The first-order chi connectivity index (χ1) is 1.91. The Morgan fingerprint density at radius 3 is 2.00 bits per heavy atom. The van der Waals surface area contributed by atoms with Crippen LogP contribution in [0.2, 0.25) is 0 Å². The van der Waals surface area contributed by atoms with Crippen LogP contribution in [-0.4, -0.2) is 11.5 Å². The van der Waals surface area contributed by atoms with E-state index in [2.05, 4.69) is 10.9 Å². The summed E-state index contributed by atoms with van der Waals surface area (Å²) in [6, 6.07) is 0. The van der Waals surface area contributed by atoms with Gasteiger partial charge in [0.2, 0.25) is 0 Å². The fraction of sp³-hybridized carbons (Fsp3) is 0. The first kappa shape index (κ1) is 8.88. The van der Waals surface area contributed by atoms with Gasteiger partial charge in [0.15, 0.2) is 0 Å². The van der Waals surface area contributed by atoms with Crippen LogP contribution in [0.25, 0.3) is 0 Å². The van der Waals surface area contributed by atoms with Gasteiger partial charge < -0.3 is 10.9 Å². The summed E-state index contributed by atoms with van der Waals surface area (Å²) < 4.78 is 0. The molecule has 0 saturated heterocycles. The minimum Gasteiger partial charge on any atom is -0.560 e. The first-order valence-corrected chi connectivity index (χ1v) is 0.712. The zero-order chi connectivity index (χ0) is 3.41. The monoisotopic (exact) mass is 243 g/mol. The number of rotatable bonds is 0. The molecular weight excluding hydrogens is 240 g/mol.